The molecule has 4 rings (SSSR count). The first-order chi connectivity index (χ1) is 16.2. The smallest absolute Gasteiger partial charge is 0.493 e. The van der Waals surface area contributed by atoms with Crippen LogP contribution in [0, 0.1) is 6.92 Å². The van der Waals surface area contributed by atoms with E-state index < -0.39 is 48.2 Å². The van der Waals surface area contributed by atoms with Crippen LogP contribution < -0.4 is 20.5 Å². The number of hydrogen-bond acceptors (Lipinski definition) is 10. The molecule has 2 aliphatic heterocycles. The van der Waals surface area contributed by atoms with Gasteiger partial charge in [0.05, 0.1) is 19.1 Å². The number of phosphoric ester groups is 1. The fourth-order valence-corrected chi connectivity index (χ4v) is 5.00. The molecule has 1 fully saturated rings. The van der Waals surface area contributed by atoms with Crippen molar-refractivity contribution < 1.29 is 42.2 Å². The summed E-state index contributed by atoms with van der Waals surface area (Å²) in [6.45, 7) is 0.950. The Hall–Kier alpha value is -2.35. The first-order valence-electron chi connectivity index (χ1n) is 9.93. The Kier molecular flexibility index (Phi) is 6.15. The van der Waals surface area contributed by atoms with Gasteiger partial charge in [-0.25, -0.2) is 13.8 Å². The van der Waals surface area contributed by atoms with E-state index in [1.807, 2.05) is 4.98 Å². The molecule has 17 heteroatoms. The van der Waals surface area contributed by atoms with E-state index in [4.69, 9.17) is 46.6 Å². The summed E-state index contributed by atoms with van der Waals surface area (Å²) < 4.78 is 55.1. The molecule has 2 aliphatic rings. The number of H-pyrrole nitrogens is 1. The lowest BCUT2D eigenvalue weighted by atomic mass is 9.59. The van der Waals surface area contributed by atoms with Gasteiger partial charge in [0, 0.05) is 17.3 Å². The van der Waals surface area contributed by atoms with E-state index in [0.29, 0.717) is 10.1 Å². The van der Waals surface area contributed by atoms with Gasteiger partial charge in [-0.05, 0) is 13.0 Å². The summed E-state index contributed by atoms with van der Waals surface area (Å²) in [7, 11) is 13.9. The zero-order valence-electron chi connectivity index (χ0n) is 18.3. The van der Waals surface area contributed by atoms with Crippen LogP contribution >= 0.6 is 7.82 Å². The van der Waals surface area contributed by atoms with Crippen LogP contribution in [0.1, 0.15) is 11.1 Å². The zero-order chi connectivity index (χ0) is 26.0. The van der Waals surface area contributed by atoms with Crippen LogP contribution in [0.3, 0.4) is 0 Å². The molecule has 1 unspecified atom stereocenters. The quantitative estimate of drug-likeness (QED) is 0.333. The maximum Gasteiger partial charge on any atom is 0.529 e. The Morgan fingerprint density at radius 1 is 1.31 bits per heavy atom. The number of alkyl halides is 1. The van der Waals surface area contributed by atoms with Gasteiger partial charge in [0.2, 0.25) is 0 Å². The Balaban J connectivity index is 1.69. The molecule has 0 saturated carbocycles. The molecular formula is C18H17B3FN2O10P. The number of ether oxygens (including phenoxy) is 2. The van der Waals surface area contributed by atoms with E-state index >= 15 is 4.39 Å². The summed E-state index contributed by atoms with van der Waals surface area (Å²) in [5.41, 5.74) is -4.50. The Labute approximate surface area is 201 Å². The lowest BCUT2D eigenvalue weighted by molar-refractivity contribution is -0.240. The molecule has 0 spiro atoms. The number of benzene rings is 1. The average Bonchev–Trinajstić information content (AvgIpc) is 2.97. The Morgan fingerprint density at radius 2 is 2.00 bits per heavy atom. The number of aryl methyl sites for hydroxylation is 1. The highest BCUT2D eigenvalue weighted by atomic mass is 31.2. The number of methoxy groups -OCH3 is 1. The Bertz CT molecular complexity index is 1320. The highest BCUT2D eigenvalue weighted by molar-refractivity contribution is 7.49. The van der Waals surface area contributed by atoms with Gasteiger partial charge in [-0.2, -0.15) is 0 Å². The summed E-state index contributed by atoms with van der Waals surface area (Å²) in [5, 5.41) is 17.6. The number of aromatic amines is 1. The van der Waals surface area contributed by atoms with E-state index in [1.165, 1.54) is 20.1 Å². The number of aromatic nitrogens is 2. The Morgan fingerprint density at radius 3 is 2.66 bits per heavy atom. The van der Waals surface area contributed by atoms with Gasteiger partial charge >= 0.3 is 13.5 Å². The van der Waals surface area contributed by atoms with Gasteiger partial charge in [-0.3, -0.25) is 23.4 Å². The number of aliphatic hydroxyl groups is 2. The van der Waals surface area contributed by atoms with Crippen molar-refractivity contribution in [2.75, 3.05) is 7.11 Å². The zero-order valence-corrected chi connectivity index (χ0v) is 19.2. The third kappa shape index (κ3) is 3.98. The normalized spacial score (nSPS) is 32.6. The van der Waals surface area contributed by atoms with Crippen LogP contribution in [-0.2, 0) is 30.6 Å². The third-order valence-corrected chi connectivity index (χ3v) is 6.95. The first-order valence-corrected chi connectivity index (χ1v) is 11.4. The van der Waals surface area contributed by atoms with Crippen LogP contribution in [0.25, 0.3) is 0 Å². The number of fused-ring (bicyclic) bond motifs is 1. The fraction of sp³-hybridized carbons (Fsp3) is 0.444. The number of nitrogens with one attached hydrogen (secondary N) is 1. The molecule has 5 atom stereocenters. The number of halogens is 1. The second-order valence-corrected chi connectivity index (χ2v) is 9.49. The van der Waals surface area contributed by atoms with Gasteiger partial charge in [0.25, 0.3) is 11.4 Å². The minimum Gasteiger partial charge on any atom is -0.493 e. The third-order valence-electron chi connectivity index (χ3n) is 5.57. The number of aliphatic hydroxyl groups excluding tert-OH is 2. The van der Waals surface area contributed by atoms with Crippen LogP contribution in [0.5, 0.6) is 11.5 Å². The topological polar surface area (TPSA) is 159 Å². The predicted octanol–water partition coefficient (Wildman–Crippen LogP) is -1.23. The largest absolute Gasteiger partial charge is 0.529 e. The van der Waals surface area contributed by atoms with Crippen molar-refractivity contribution in [3.8, 4) is 11.5 Å². The summed E-state index contributed by atoms with van der Waals surface area (Å²) in [6, 6.07) is 4.67. The van der Waals surface area contributed by atoms with Crippen LogP contribution in [0.2, 0.25) is 0 Å². The van der Waals surface area contributed by atoms with Crippen molar-refractivity contribution in [1.82, 2.24) is 9.55 Å². The standard InChI is InChI=1S/C18H17B3FN2O10P/c1-8-6-24(15(28)23-14(8)27)17(19)13(26)12(25)16(22,33-17)18(20,21)34-35(29)31-7-9-4-3-5-10(30-2)11(9)32-35/h3-6,12-13,25-26H,7H2,1-2H3,(H,23,27,28)/t12-,13+,16-,17-,35?/m0/s1. The molecule has 180 valence electrons. The number of phosphoric acid groups is 1. The van der Waals surface area contributed by atoms with Gasteiger partial charge < -0.3 is 24.2 Å². The van der Waals surface area contributed by atoms with E-state index in [0.717, 1.165) is 6.20 Å². The minimum atomic E-state index is -4.79. The van der Waals surface area contributed by atoms with E-state index in [1.54, 1.807) is 12.1 Å². The molecule has 1 aromatic carbocycles. The average molecular weight is 504 g/mol. The summed E-state index contributed by atoms with van der Waals surface area (Å²) in [6.07, 6.45) is -4.18. The number of para-hydroxylation sites is 1. The lowest BCUT2D eigenvalue weighted by Crippen LogP contribution is -2.60. The maximum absolute atomic E-state index is 16.1. The maximum atomic E-state index is 16.1. The molecule has 3 N–H and O–H groups in total. The highest BCUT2D eigenvalue weighted by Crippen LogP contribution is 2.60. The van der Waals surface area contributed by atoms with Gasteiger partial charge in [-0.15, -0.1) is 0 Å². The van der Waals surface area contributed by atoms with Gasteiger partial charge in [0.1, 0.15) is 41.4 Å². The van der Waals surface area contributed by atoms with Crippen molar-refractivity contribution in [1.29, 1.82) is 0 Å². The predicted molar refractivity (Wildman–Crippen MR) is 118 cm³/mol. The van der Waals surface area contributed by atoms with E-state index in [9.17, 15) is 24.4 Å². The lowest BCUT2D eigenvalue weighted by Gasteiger charge is -2.42. The summed E-state index contributed by atoms with van der Waals surface area (Å²) >= 11 is 0. The van der Waals surface area contributed by atoms with Gasteiger partial charge in [-0.1, -0.05) is 12.1 Å². The number of nitrogens with zero attached hydrogens (tertiary/aromatic N) is 1. The van der Waals surface area contributed by atoms with Crippen LogP contribution in [-0.4, -0.2) is 73.9 Å². The van der Waals surface area contributed by atoms with Gasteiger partial charge in [0.15, 0.2) is 11.5 Å². The van der Waals surface area contributed by atoms with Crippen molar-refractivity contribution in [3.05, 3.63) is 56.4 Å². The fourth-order valence-electron chi connectivity index (χ4n) is 3.64. The second-order valence-electron chi connectivity index (χ2n) is 7.97. The summed E-state index contributed by atoms with van der Waals surface area (Å²) in [4.78, 5) is 25.8. The van der Waals surface area contributed by atoms with Crippen molar-refractivity contribution in [3.63, 3.8) is 0 Å². The van der Waals surface area contributed by atoms with E-state index in [2.05, 4.69) is 0 Å². The monoisotopic (exact) mass is 504 g/mol. The van der Waals surface area contributed by atoms with Crippen LogP contribution in [0.15, 0.2) is 34.0 Å². The van der Waals surface area contributed by atoms with E-state index in [-0.39, 0.29) is 23.7 Å². The van der Waals surface area contributed by atoms with Crippen LogP contribution in [0.4, 0.5) is 4.39 Å². The molecule has 3 heterocycles. The molecule has 1 aromatic heterocycles. The molecule has 12 nitrogen and oxygen atoms in total. The minimum absolute atomic E-state index is 0.0512. The van der Waals surface area contributed by atoms with Crippen molar-refractivity contribution in [2.24, 2.45) is 0 Å². The number of rotatable bonds is 5. The molecular weight excluding hydrogens is 487 g/mol. The summed E-state index contributed by atoms with van der Waals surface area (Å²) in [5.74, 6) is -3.70. The molecule has 1 saturated heterocycles. The molecule has 0 aliphatic carbocycles. The molecule has 2 aromatic rings. The highest BCUT2D eigenvalue weighted by Gasteiger charge is 2.69. The second kappa shape index (κ2) is 8.36. The number of hydrogen-bond donors (Lipinski definition) is 3. The first kappa shape index (κ1) is 25.7. The van der Waals surface area contributed by atoms with Crippen molar-refractivity contribution in [2.45, 2.75) is 42.6 Å². The SMILES string of the molecule is [B]C([B])(OP1(=O)OCc2cccc(OC)c2O1)[C@@]1(F)O[C@@]([B])(n2cc(C)c(=O)[nH]c2=O)[C@H](O)[C@@H]1O. The molecule has 0 amide bonds. The molecule has 35 heavy (non-hydrogen) atoms. The molecule has 0 bridgehead atoms. The van der Waals surface area contributed by atoms with Crippen molar-refractivity contribution >= 4 is 31.4 Å². The molecule has 6 radical (unpaired) electrons.